The summed E-state index contributed by atoms with van der Waals surface area (Å²) in [5, 5.41) is 20.2. The summed E-state index contributed by atoms with van der Waals surface area (Å²) in [6.07, 6.45) is 1.88. The molecular formula is C12H22N2O4. The fourth-order valence-corrected chi connectivity index (χ4v) is 2.42. The van der Waals surface area contributed by atoms with Crippen LogP contribution in [0.25, 0.3) is 0 Å². The lowest BCUT2D eigenvalue weighted by molar-refractivity contribution is -0.147. The Labute approximate surface area is 107 Å². The van der Waals surface area contributed by atoms with Crippen LogP contribution in [0.2, 0.25) is 0 Å². The third-order valence-electron chi connectivity index (χ3n) is 3.47. The predicted octanol–water partition coefficient (Wildman–Crippen LogP) is -0.154. The smallest absolute Gasteiger partial charge is 0.332 e. The summed E-state index contributed by atoms with van der Waals surface area (Å²) in [5.41, 5.74) is 5.24. The van der Waals surface area contributed by atoms with Crippen molar-refractivity contribution in [2.75, 3.05) is 6.54 Å². The fourth-order valence-electron chi connectivity index (χ4n) is 2.42. The number of nitrogens with two attached hydrogens (primary N) is 1. The third kappa shape index (κ3) is 3.96. The lowest BCUT2D eigenvalue weighted by Gasteiger charge is -2.35. The van der Waals surface area contributed by atoms with Gasteiger partial charge in [0.25, 0.3) is 0 Å². The van der Waals surface area contributed by atoms with Gasteiger partial charge in [-0.3, -0.25) is 4.79 Å². The Morgan fingerprint density at radius 1 is 1.56 bits per heavy atom. The first-order valence-corrected chi connectivity index (χ1v) is 6.33. The molecule has 104 valence electrons. The second-order valence-electron chi connectivity index (χ2n) is 5.26. The van der Waals surface area contributed by atoms with E-state index in [1.807, 2.05) is 0 Å². The molecule has 1 fully saturated rings. The van der Waals surface area contributed by atoms with E-state index in [9.17, 15) is 9.59 Å². The third-order valence-corrected chi connectivity index (χ3v) is 3.47. The molecule has 5 N–H and O–H groups in total. The molecule has 1 saturated carbocycles. The van der Waals surface area contributed by atoms with Crippen LogP contribution in [-0.2, 0) is 9.59 Å². The van der Waals surface area contributed by atoms with Gasteiger partial charge in [0, 0.05) is 13.0 Å². The highest BCUT2D eigenvalue weighted by atomic mass is 16.4. The van der Waals surface area contributed by atoms with Crippen LogP contribution in [-0.4, -0.2) is 40.3 Å². The SMILES string of the molecule is CC1CCCC(N)(C(=O)NCC[C@H](O)C(=O)O)C1. The van der Waals surface area contributed by atoms with Crippen molar-refractivity contribution in [2.45, 2.75) is 50.7 Å². The number of carboxylic acid groups (broad SMARTS) is 1. The minimum atomic E-state index is -1.44. The number of carboxylic acids is 1. The molecule has 0 bridgehead atoms. The van der Waals surface area contributed by atoms with Crippen molar-refractivity contribution in [3.05, 3.63) is 0 Å². The molecule has 0 spiro atoms. The van der Waals surface area contributed by atoms with Crippen molar-refractivity contribution in [3.8, 4) is 0 Å². The van der Waals surface area contributed by atoms with E-state index in [1.165, 1.54) is 0 Å². The summed E-state index contributed by atoms with van der Waals surface area (Å²) < 4.78 is 0. The van der Waals surface area contributed by atoms with E-state index in [4.69, 9.17) is 15.9 Å². The van der Waals surface area contributed by atoms with Crippen molar-refractivity contribution in [1.29, 1.82) is 0 Å². The van der Waals surface area contributed by atoms with Gasteiger partial charge < -0.3 is 21.3 Å². The first-order valence-electron chi connectivity index (χ1n) is 6.33. The van der Waals surface area contributed by atoms with Crippen LogP contribution in [0.15, 0.2) is 0 Å². The molecule has 3 atom stereocenters. The highest BCUT2D eigenvalue weighted by Crippen LogP contribution is 2.30. The molecule has 0 heterocycles. The monoisotopic (exact) mass is 258 g/mol. The average molecular weight is 258 g/mol. The molecule has 1 amide bonds. The molecule has 0 aromatic carbocycles. The van der Waals surface area contributed by atoms with E-state index in [0.717, 1.165) is 12.8 Å². The highest BCUT2D eigenvalue weighted by Gasteiger charge is 2.37. The van der Waals surface area contributed by atoms with Crippen LogP contribution in [0.3, 0.4) is 0 Å². The van der Waals surface area contributed by atoms with Gasteiger partial charge in [-0.25, -0.2) is 4.79 Å². The summed E-state index contributed by atoms with van der Waals surface area (Å²) >= 11 is 0. The van der Waals surface area contributed by atoms with E-state index >= 15 is 0 Å². The quantitative estimate of drug-likeness (QED) is 0.547. The Morgan fingerprint density at radius 2 is 2.22 bits per heavy atom. The van der Waals surface area contributed by atoms with Gasteiger partial charge in [-0.2, -0.15) is 0 Å². The summed E-state index contributed by atoms with van der Waals surface area (Å²) in [4.78, 5) is 22.3. The zero-order chi connectivity index (χ0) is 13.8. The van der Waals surface area contributed by atoms with Gasteiger partial charge in [-0.05, 0) is 18.8 Å². The molecule has 1 aliphatic rings. The second-order valence-corrected chi connectivity index (χ2v) is 5.26. The summed E-state index contributed by atoms with van der Waals surface area (Å²) in [6.45, 7) is 2.20. The number of aliphatic hydroxyl groups is 1. The van der Waals surface area contributed by atoms with Crippen molar-refractivity contribution >= 4 is 11.9 Å². The topological polar surface area (TPSA) is 113 Å². The van der Waals surface area contributed by atoms with E-state index in [-0.39, 0.29) is 18.9 Å². The van der Waals surface area contributed by atoms with Crippen LogP contribution in [0, 0.1) is 5.92 Å². The van der Waals surface area contributed by atoms with Crippen molar-refractivity contribution in [1.82, 2.24) is 5.32 Å². The van der Waals surface area contributed by atoms with Crippen molar-refractivity contribution < 1.29 is 19.8 Å². The van der Waals surface area contributed by atoms with Crippen LogP contribution >= 0.6 is 0 Å². The number of hydrogen-bond acceptors (Lipinski definition) is 4. The Morgan fingerprint density at radius 3 is 2.78 bits per heavy atom. The van der Waals surface area contributed by atoms with Gasteiger partial charge in [0.2, 0.25) is 5.91 Å². The van der Waals surface area contributed by atoms with Crippen molar-refractivity contribution in [3.63, 3.8) is 0 Å². The number of amides is 1. The number of rotatable bonds is 5. The standard InChI is InChI=1S/C12H22N2O4/c1-8-3-2-5-12(13,7-8)11(18)14-6-4-9(15)10(16)17/h8-9,15H,2-7,13H2,1H3,(H,14,18)(H,16,17)/t8?,9-,12?/m0/s1. The Balaban J connectivity index is 2.38. The molecule has 0 radical (unpaired) electrons. The maximum Gasteiger partial charge on any atom is 0.332 e. The lowest BCUT2D eigenvalue weighted by atomic mass is 9.76. The number of aliphatic carboxylic acids is 1. The Kier molecular flexibility index (Phi) is 5.10. The maximum absolute atomic E-state index is 12.0. The zero-order valence-electron chi connectivity index (χ0n) is 10.7. The summed E-state index contributed by atoms with van der Waals surface area (Å²) in [7, 11) is 0. The molecular weight excluding hydrogens is 236 g/mol. The highest BCUT2D eigenvalue weighted by molar-refractivity contribution is 5.86. The molecule has 0 aromatic heterocycles. The van der Waals surface area contributed by atoms with Gasteiger partial charge in [0.15, 0.2) is 6.10 Å². The number of aliphatic hydroxyl groups excluding tert-OH is 1. The van der Waals surface area contributed by atoms with Gasteiger partial charge in [0.1, 0.15) is 0 Å². The number of hydrogen-bond donors (Lipinski definition) is 4. The molecule has 0 aromatic rings. The van der Waals surface area contributed by atoms with Gasteiger partial charge in [-0.1, -0.05) is 19.8 Å². The molecule has 2 unspecified atom stereocenters. The number of nitrogens with one attached hydrogen (secondary N) is 1. The minimum Gasteiger partial charge on any atom is -0.479 e. The molecule has 1 rings (SSSR count). The van der Waals surface area contributed by atoms with Crippen molar-refractivity contribution in [2.24, 2.45) is 11.7 Å². The predicted molar refractivity (Wildman–Crippen MR) is 65.8 cm³/mol. The largest absolute Gasteiger partial charge is 0.479 e. The lowest BCUT2D eigenvalue weighted by Crippen LogP contribution is -2.56. The Bertz CT molecular complexity index is 321. The first kappa shape index (κ1) is 14.9. The van der Waals surface area contributed by atoms with Crippen LogP contribution in [0.4, 0.5) is 0 Å². The molecule has 1 aliphatic carbocycles. The fraction of sp³-hybridized carbons (Fsp3) is 0.833. The number of carbonyl (C=O) groups excluding carboxylic acids is 1. The van der Waals surface area contributed by atoms with Crippen LogP contribution in [0.5, 0.6) is 0 Å². The molecule has 18 heavy (non-hydrogen) atoms. The molecule has 6 nitrogen and oxygen atoms in total. The van der Waals surface area contributed by atoms with Gasteiger partial charge in [0.05, 0.1) is 5.54 Å². The summed E-state index contributed by atoms with van der Waals surface area (Å²) in [5.74, 6) is -1.09. The van der Waals surface area contributed by atoms with E-state index in [2.05, 4.69) is 12.2 Å². The second kappa shape index (κ2) is 6.15. The zero-order valence-corrected chi connectivity index (χ0v) is 10.7. The molecule has 0 saturated heterocycles. The first-order chi connectivity index (χ1) is 8.35. The van der Waals surface area contributed by atoms with Crippen LogP contribution < -0.4 is 11.1 Å². The van der Waals surface area contributed by atoms with Gasteiger partial charge in [-0.15, -0.1) is 0 Å². The van der Waals surface area contributed by atoms with E-state index in [0.29, 0.717) is 18.8 Å². The molecule has 0 aliphatic heterocycles. The summed E-state index contributed by atoms with van der Waals surface area (Å²) in [6, 6.07) is 0. The molecule has 6 heteroatoms. The van der Waals surface area contributed by atoms with E-state index in [1.54, 1.807) is 0 Å². The van der Waals surface area contributed by atoms with Gasteiger partial charge >= 0.3 is 5.97 Å². The normalized spacial score (nSPS) is 29.6. The minimum absolute atomic E-state index is 0.00724. The Hall–Kier alpha value is -1.14. The van der Waals surface area contributed by atoms with Crippen LogP contribution in [0.1, 0.15) is 39.0 Å². The average Bonchev–Trinajstić information content (AvgIpc) is 2.28. The number of carbonyl (C=O) groups is 2. The maximum atomic E-state index is 12.0. The van der Waals surface area contributed by atoms with E-state index < -0.39 is 17.6 Å².